The SMILES string of the molecule is C[B]c1cc(C(=O)Nc2ccc(Br)cc2)sc1C. The van der Waals surface area contributed by atoms with E-state index in [0.717, 1.165) is 20.5 Å². The molecule has 0 unspecified atom stereocenters. The molecule has 1 aromatic heterocycles. The fourth-order valence-electron chi connectivity index (χ4n) is 1.62. The summed E-state index contributed by atoms with van der Waals surface area (Å²) in [6.45, 7) is 4.00. The van der Waals surface area contributed by atoms with E-state index in [1.165, 1.54) is 16.2 Å². The molecule has 1 aromatic carbocycles. The number of aryl methyl sites for hydroxylation is 1. The third-order valence-corrected chi connectivity index (χ3v) is 4.19. The van der Waals surface area contributed by atoms with Gasteiger partial charge < -0.3 is 5.32 Å². The summed E-state index contributed by atoms with van der Waals surface area (Å²) < 4.78 is 0.996. The van der Waals surface area contributed by atoms with Gasteiger partial charge in [0.2, 0.25) is 0 Å². The van der Waals surface area contributed by atoms with E-state index in [-0.39, 0.29) is 5.91 Å². The summed E-state index contributed by atoms with van der Waals surface area (Å²) in [6, 6.07) is 9.47. The molecule has 0 spiro atoms. The first-order chi connectivity index (χ1) is 8.60. The molecule has 2 rings (SSSR count). The van der Waals surface area contributed by atoms with Gasteiger partial charge in [-0.1, -0.05) is 28.2 Å². The van der Waals surface area contributed by atoms with Crippen LogP contribution in [0, 0.1) is 6.92 Å². The molecule has 18 heavy (non-hydrogen) atoms. The van der Waals surface area contributed by atoms with E-state index >= 15 is 0 Å². The van der Waals surface area contributed by atoms with Crippen LogP contribution < -0.4 is 10.8 Å². The van der Waals surface area contributed by atoms with Crippen LogP contribution in [0.2, 0.25) is 6.82 Å². The first-order valence-corrected chi connectivity index (χ1v) is 7.18. The zero-order valence-corrected chi connectivity index (χ0v) is 12.6. The maximum atomic E-state index is 12.1. The zero-order chi connectivity index (χ0) is 13.1. The molecule has 0 atom stereocenters. The Morgan fingerprint density at radius 2 is 2.00 bits per heavy atom. The van der Waals surface area contributed by atoms with Crippen molar-refractivity contribution < 1.29 is 4.79 Å². The Morgan fingerprint density at radius 1 is 1.33 bits per heavy atom. The molecule has 0 bridgehead atoms. The normalized spacial score (nSPS) is 10.2. The number of carbonyl (C=O) groups is 1. The molecule has 0 aliphatic carbocycles. The second-order valence-corrected chi connectivity index (χ2v) is 6.04. The lowest BCUT2D eigenvalue weighted by Crippen LogP contribution is -2.13. The highest BCUT2D eigenvalue weighted by Gasteiger charge is 2.11. The first-order valence-electron chi connectivity index (χ1n) is 5.57. The third-order valence-electron chi connectivity index (χ3n) is 2.59. The van der Waals surface area contributed by atoms with Crippen LogP contribution in [-0.2, 0) is 0 Å². The van der Waals surface area contributed by atoms with Crippen molar-refractivity contribution in [1.82, 2.24) is 0 Å². The van der Waals surface area contributed by atoms with Gasteiger partial charge in [-0.15, -0.1) is 11.3 Å². The summed E-state index contributed by atoms with van der Waals surface area (Å²) >= 11 is 4.88. The smallest absolute Gasteiger partial charge is 0.265 e. The number of carbonyl (C=O) groups excluding carboxylic acids is 1. The number of amides is 1. The van der Waals surface area contributed by atoms with Gasteiger partial charge in [-0.3, -0.25) is 4.79 Å². The highest BCUT2D eigenvalue weighted by atomic mass is 79.9. The predicted molar refractivity (Wildman–Crippen MR) is 82.4 cm³/mol. The number of halogens is 1. The molecule has 1 N–H and O–H groups in total. The van der Waals surface area contributed by atoms with Crippen molar-refractivity contribution in [2.75, 3.05) is 5.32 Å². The summed E-state index contributed by atoms with van der Waals surface area (Å²) in [5, 5.41) is 2.89. The lowest BCUT2D eigenvalue weighted by atomic mass is 9.73. The van der Waals surface area contributed by atoms with E-state index in [2.05, 4.69) is 21.2 Å². The number of benzene rings is 1. The lowest BCUT2D eigenvalue weighted by Gasteiger charge is -2.03. The maximum absolute atomic E-state index is 12.1. The second kappa shape index (κ2) is 5.72. The largest absolute Gasteiger partial charge is 0.321 e. The second-order valence-electron chi connectivity index (χ2n) is 3.87. The maximum Gasteiger partial charge on any atom is 0.265 e. The van der Waals surface area contributed by atoms with Crippen molar-refractivity contribution in [1.29, 1.82) is 0 Å². The fourth-order valence-corrected chi connectivity index (χ4v) is 2.84. The molecule has 2 nitrogen and oxygen atoms in total. The Bertz CT molecular complexity index is 565. The molecule has 0 aliphatic heterocycles. The van der Waals surface area contributed by atoms with Gasteiger partial charge in [0.25, 0.3) is 5.91 Å². The van der Waals surface area contributed by atoms with Crippen LogP contribution >= 0.6 is 27.3 Å². The van der Waals surface area contributed by atoms with Crippen molar-refractivity contribution in [3.8, 4) is 0 Å². The lowest BCUT2D eigenvalue weighted by molar-refractivity contribution is 0.103. The van der Waals surface area contributed by atoms with Gasteiger partial charge in [-0.05, 0) is 42.1 Å². The highest BCUT2D eigenvalue weighted by molar-refractivity contribution is 9.10. The molecule has 0 saturated heterocycles. The summed E-state index contributed by atoms with van der Waals surface area (Å²) in [6.07, 6.45) is 0. The van der Waals surface area contributed by atoms with Crippen LogP contribution in [0.25, 0.3) is 0 Å². The van der Waals surface area contributed by atoms with Gasteiger partial charge in [0, 0.05) is 10.2 Å². The topological polar surface area (TPSA) is 29.1 Å². The summed E-state index contributed by atoms with van der Waals surface area (Å²) in [5.74, 6) is -0.0569. The molecule has 1 heterocycles. The number of hydrogen-bond acceptors (Lipinski definition) is 2. The van der Waals surface area contributed by atoms with Gasteiger partial charge in [-0.2, -0.15) is 0 Å². The van der Waals surface area contributed by atoms with Crippen LogP contribution in [0.15, 0.2) is 34.8 Å². The van der Waals surface area contributed by atoms with E-state index in [1.54, 1.807) is 0 Å². The van der Waals surface area contributed by atoms with Gasteiger partial charge in [0.05, 0.1) is 4.88 Å². The minimum Gasteiger partial charge on any atom is -0.321 e. The Kier molecular flexibility index (Phi) is 4.25. The van der Waals surface area contributed by atoms with Crippen LogP contribution in [0.1, 0.15) is 14.5 Å². The van der Waals surface area contributed by atoms with E-state index < -0.39 is 0 Å². The first kappa shape index (κ1) is 13.4. The number of anilines is 1. The van der Waals surface area contributed by atoms with E-state index in [1.807, 2.05) is 51.4 Å². The Balaban J connectivity index is 2.14. The van der Waals surface area contributed by atoms with Crippen molar-refractivity contribution in [3.05, 3.63) is 44.6 Å². The molecular weight excluding hydrogens is 309 g/mol. The predicted octanol–water partition coefficient (Wildman–Crippen LogP) is 3.45. The van der Waals surface area contributed by atoms with E-state index in [0.29, 0.717) is 0 Å². The molecular formula is C13H12BBrNOS. The van der Waals surface area contributed by atoms with Crippen molar-refractivity contribution >= 4 is 51.6 Å². The van der Waals surface area contributed by atoms with Gasteiger partial charge >= 0.3 is 0 Å². The summed E-state index contributed by atoms with van der Waals surface area (Å²) in [7, 11) is 2.02. The number of hydrogen-bond donors (Lipinski definition) is 1. The molecule has 0 saturated carbocycles. The summed E-state index contributed by atoms with van der Waals surface area (Å²) in [4.78, 5) is 14.0. The molecule has 2 aromatic rings. The monoisotopic (exact) mass is 320 g/mol. The van der Waals surface area contributed by atoms with Crippen LogP contribution in [0.4, 0.5) is 5.69 Å². The van der Waals surface area contributed by atoms with E-state index in [9.17, 15) is 4.79 Å². The molecule has 1 amide bonds. The molecule has 0 fully saturated rings. The number of rotatable bonds is 3. The van der Waals surface area contributed by atoms with Crippen molar-refractivity contribution in [2.24, 2.45) is 0 Å². The average molecular weight is 321 g/mol. The van der Waals surface area contributed by atoms with Gasteiger partial charge in [0.15, 0.2) is 0 Å². The Morgan fingerprint density at radius 3 is 2.56 bits per heavy atom. The zero-order valence-electron chi connectivity index (χ0n) is 10.2. The Hall–Kier alpha value is -1.07. The molecule has 0 aliphatic rings. The van der Waals surface area contributed by atoms with Crippen LogP contribution in [0.5, 0.6) is 0 Å². The third kappa shape index (κ3) is 3.03. The van der Waals surface area contributed by atoms with E-state index in [4.69, 9.17) is 0 Å². The Labute approximate surface area is 120 Å². The summed E-state index contributed by atoms with van der Waals surface area (Å²) in [5.41, 5.74) is 1.93. The standard InChI is InChI=1S/C13H12BBrNOS/c1-8-11(14-2)7-12(18-8)13(17)16-10-5-3-9(15)4-6-10/h3-7H,1-2H3,(H,16,17). The molecule has 91 valence electrons. The fraction of sp³-hybridized carbons (Fsp3) is 0.154. The van der Waals surface area contributed by atoms with Crippen LogP contribution in [-0.4, -0.2) is 13.2 Å². The van der Waals surface area contributed by atoms with Gasteiger partial charge in [0.1, 0.15) is 7.28 Å². The average Bonchev–Trinajstić information content (AvgIpc) is 2.73. The quantitative estimate of drug-likeness (QED) is 0.862. The minimum atomic E-state index is -0.0569. The van der Waals surface area contributed by atoms with Crippen molar-refractivity contribution in [3.63, 3.8) is 0 Å². The number of nitrogens with one attached hydrogen (secondary N) is 1. The molecule has 5 heteroatoms. The number of thiophene rings is 1. The van der Waals surface area contributed by atoms with Gasteiger partial charge in [-0.25, -0.2) is 0 Å². The van der Waals surface area contributed by atoms with Crippen molar-refractivity contribution in [2.45, 2.75) is 13.7 Å². The van der Waals surface area contributed by atoms with Crippen LogP contribution in [0.3, 0.4) is 0 Å². The minimum absolute atomic E-state index is 0.0569. The highest BCUT2D eigenvalue weighted by Crippen LogP contribution is 2.18. The molecule has 1 radical (unpaired) electrons.